The molecule has 2 unspecified atom stereocenters. The van der Waals surface area contributed by atoms with Crippen LogP contribution in [0.25, 0.3) is 11.3 Å². The standard InChI is InChI=1S/C18H20N2O2S/c1-11-5-4-6-12(7-11)14-10-23-17(20-14)13-8-19-18(2,3)16(13)15(22)9-21/h4-7,9-10,13,16,19H,8H2,1-3H3. The number of Topliss-reactive ketones (excluding diaryl/α,β-unsaturated/α-hetero) is 1. The monoisotopic (exact) mass is 328 g/mol. The number of hydrogen-bond acceptors (Lipinski definition) is 5. The summed E-state index contributed by atoms with van der Waals surface area (Å²) in [4.78, 5) is 27.9. The van der Waals surface area contributed by atoms with E-state index in [4.69, 9.17) is 4.98 Å². The van der Waals surface area contributed by atoms with Gasteiger partial charge in [-0.2, -0.15) is 0 Å². The second kappa shape index (κ2) is 5.98. The van der Waals surface area contributed by atoms with Crippen LogP contribution in [0.3, 0.4) is 0 Å². The van der Waals surface area contributed by atoms with Gasteiger partial charge in [-0.15, -0.1) is 11.3 Å². The molecular weight excluding hydrogens is 308 g/mol. The van der Waals surface area contributed by atoms with Crippen LogP contribution in [0.5, 0.6) is 0 Å². The molecule has 0 radical (unpaired) electrons. The number of ketones is 1. The predicted molar refractivity (Wildman–Crippen MR) is 91.7 cm³/mol. The van der Waals surface area contributed by atoms with Gasteiger partial charge in [0, 0.05) is 28.9 Å². The lowest BCUT2D eigenvalue weighted by Crippen LogP contribution is -2.42. The van der Waals surface area contributed by atoms with E-state index in [9.17, 15) is 9.59 Å². The van der Waals surface area contributed by atoms with E-state index in [1.165, 1.54) is 5.56 Å². The first kappa shape index (κ1) is 16.0. The second-order valence-electron chi connectivity index (χ2n) is 6.65. The quantitative estimate of drug-likeness (QED) is 0.692. The summed E-state index contributed by atoms with van der Waals surface area (Å²) in [6, 6.07) is 8.21. The van der Waals surface area contributed by atoms with E-state index in [0.717, 1.165) is 16.3 Å². The Kier molecular flexibility index (Phi) is 4.17. The van der Waals surface area contributed by atoms with E-state index in [1.807, 2.05) is 31.4 Å². The molecule has 1 aliphatic heterocycles. The third-order valence-electron chi connectivity index (χ3n) is 4.53. The number of rotatable bonds is 4. The average Bonchev–Trinajstić information content (AvgIpc) is 3.10. The minimum atomic E-state index is -0.391. The molecule has 1 aromatic heterocycles. The normalized spacial score (nSPS) is 22.9. The van der Waals surface area contributed by atoms with Gasteiger partial charge in [0.1, 0.15) is 0 Å². The number of nitrogens with one attached hydrogen (secondary N) is 1. The first-order valence-corrected chi connectivity index (χ1v) is 8.57. The van der Waals surface area contributed by atoms with E-state index in [1.54, 1.807) is 11.3 Å². The summed E-state index contributed by atoms with van der Waals surface area (Å²) in [5.74, 6) is -0.764. The van der Waals surface area contributed by atoms with Gasteiger partial charge in [0.05, 0.1) is 16.6 Å². The summed E-state index contributed by atoms with van der Waals surface area (Å²) in [5.41, 5.74) is 2.80. The Morgan fingerprint density at radius 2 is 2.22 bits per heavy atom. The fourth-order valence-corrected chi connectivity index (χ4v) is 4.32. The van der Waals surface area contributed by atoms with Crippen LogP contribution in [0, 0.1) is 12.8 Å². The maximum absolute atomic E-state index is 12.1. The Bertz CT molecular complexity index is 751. The number of hydrogen-bond donors (Lipinski definition) is 1. The topological polar surface area (TPSA) is 59.1 Å². The molecule has 0 bridgehead atoms. The Balaban J connectivity index is 1.93. The van der Waals surface area contributed by atoms with Crippen molar-refractivity contribution in [2.24, 2.45) is 5.92 Å². The summed E-state index contributed by atoms with van der Waals surface area (Å²) in [6.45, 7) is 6.65. The van der Waals surface area contributed by atoms with Gasteiger partial charge in [0.2, 0.25) is 5.78 Å². The molecular formula is C18H20N2O2S. The van der Waals surface area contributed by atoms with E-state index >= 15 is 0 Å². The van der Waals surface area contributed by atoms with Crippen molar-refractivity contribution in [2.75, 3.05) is 6.54 Å². The molecule has 0 aliphatic carbocycles. The minimum absolute atomic E-state index is 0.0498. The molecule has 0 spiro atoms. The molecule has 120 valence electrons. The lowest BCUT2D eigenvalue weighted by Gasteiger charge is -2.26. The number of aromatic nitrogens is 1. The van der Waals surface area contributed by atoms with Crippen molar-refractivity contribution in [3.63, 3.8) is 0 Å². The van der Waals surface area contributed by atoms with Gasteiger partial charge in [-0.25, -0.2) is 4.98 Å². The van der Waals surface area contributed by atoms with Gasteiger partial charge in [-0.1, -0.05) is 23.8 Å². The summed E-state index contributed by atoms with van der Waals surface area (Å²) >= 11 is 1.56. The van der Waals surface area contributed by atoms with E-state index < -0.39 is 5.54 Å². The number of aryl methyl sites for hydroxylation is 1. The zero-order valence-electron chi connectivity index (χ0n) is 13.5. The second-order valence-corrected chi connectivity index (χ2v) is 7.54. The van der Waals surface area contributed by atoms with E-state index in [2.05, 4.69) is 24.4 Å². The molecule has 1 N–H and O–H groups in total. The van der Waals surface area contributed by atoms with Crippen LogP contribution in [-0.2, 0) is 9.59 Å². The predicted octanol–water partition coefficient (Wildman–Crippen LogP) is 2.97. The smallest absolute Gasteiger partial charge is 0.200 e. The van der Waals surface area contributed by atoms with Gasteiger partial charge in [-0.05, 0) is 26.8 Å². The Morgan fingerprint density at radius 3 is 2.91 bits per heavy atom. The number of benzene rings is 1. The summed E-state index contributed by atoms with van der Waals surface area (Å²) in [6.07, 6.45) is 0.446. The van der Waals surface area contributed by atoms with Crippen LogP contribution in [0.15, 0.2) is 29.6 Å². The van der Waals surface area contributed by atoms with Gasteiger partial charge in [0.15, 0.2) is 6.29 Å². The Labute approximate surface area is 140 Å². The Morgan fingerprint density at radius 1 is 1.43 bits per heavy atom. The van der Waals surface area contributed by atoms with Gasteiger partial charge in [-0.3, -0.25) is 9.59 Å². The molecule has 1 saturated heterocycles. The van der Waals surface area contributed by atoms with Crippen LogP contribution in [0.4, 0.5) is 0 Å². The third-order valence-corrected chi connectivity index (χ3v) is 5.51. The van der Waals surface area contributed by atoms with Crippen LogP contribution < -0.4 is 5.32 Å². The fraction of sp³-hybridized carbons (Fsp3) is 0.389. The molecule has 0 amide bonds. The molecule has 4 nitrogen and oxygen atoms in total. The van der Waals surface area contributed by atoms with Gasteiger partial charge < -0.3 is 5.32 Å². The zero-order chi connectivity index (χ0) is 16.6. The SMILES string of the molecule is Cc1cccc(-c2csc(C3CNC(C)(C)C3C(=O)C=O)n2)c1. The lowest BCUT2D eigenvalue weighted by molar-refractivity contribution is -0.133. The number of thiazole rings is 1. The molecule has 1 aliphatic rings. The highest BCUT2D eigenvalue weighted by molar-refractivity contribution is 7.10. The van der Waals surface area contributed by atoms with Crippen molar-refractivity contribution < 1.29 is 9.59 Å². The lowest BCUT2D eigenvalue weighted by atomic mass is 9.80. The molecule has 1 fully saturated rings. The summed E-state index contributed by atoms with van der Waals surface area (Å²) < 4.78 is 0. The van der Waals surface area contributed by atoms with Crippen LogP contribution >= 0.6 is 11.3 Å². The van der Waals surface area contributed by atoms with E-state index in [-0.39, 0.29) is 17.6 Å². The largest absolute Gasteiger partial charge is 0.310 e. The van der Waals surface area contributed by atoms with Gasteiger partial charge in [0.25, 0.3) is 0 Å². The minimum Gasteiger partial charge on any atom is -0.310 e. The summed E-state index contributed by atoms with van der Waals surface area (Å²) in [5, 5.41) is 6.30. The highest BCUT2D eigenvalue weighted by Gasteiger charge is 2.47. The maximum atomic E-state index is 12.1. The molecule has 23 heavy (non-hydrogen) atoms. The van der Waals surface area contributed by atoms with Crippen molar-refractivity contribution in [1.82, 2.24) is 10.3 Å². The van der Waals surface area contributed by atoms with E-state index in [0.29, 0.717) is 12.8 Å². The summed E-state index contributed by atoms with van der Waals surface area (Å²) in [7, 11) is 0. The number of nitrogens with zero attached hydrogens (tertiary/aromatic N) is 1. The van der Waals surface area contributed by atoms with Crippen molar-refractivity contribution in [3.05, 3.63) is 40.2 Å². The number of carbonyl (C=O) groups excluding carboxylic acids is 2. The van der Waals surface area contributed by atoms with Crippen molar-refractivity contribution in [1.29, 1.82) is 0 Å². The number of carbonyl (C=O) groups is 2. The van der Waals surface area contributed by atoms with Crippen LogP contribution in [0.1, 0.15) is 30.3 Å². The molecule has 2 aromatic rings. The van der Waals surface area contributed by atoms with Crippen molar-refractivity contribution >= 4 is 23.4 Å². The molecule has 0 saturated carbocycles. The Hall–Kier alpha value is -1.85. The first-order valence-electron chi connectivity index (χ1n) is 7.69. The molecule has 2 heterocycles. The fourth-order valence-electron chi connectivity index (χ4n) is 3.36. The molecule has 5 heteroatoms. The molecule has 3 rings (SSSR count). The molecule has 1 aromatic carbocycles. The van der Waals surface area contributed by atoms with Crippen LogP contribution in [-0.4, -0.2) is 29.1 Å². The third kappa shape index (κ3) is 2.99. The highest BCUT2D eigenvalue weighted by Crippen LogP contribution is 2.40. The van der Waals surface area contributed by atoms with Crippen LogP contribution in [0.2, 0.25) is 0 Å². The highest BCUT2D eigenvalue weighted by atomic mass is 32.1. The zero-order valence-corrected chi connectivity index (χ0v) is 14.3. The average molecular weight is 328 g/mol. The molecule has 2 atom stereocenters. The first-order chi connectivity index (χ1) is 10.9. The van der Waals surface area contributed by atoms with Crippen molar-refractivity contribution in [2.45, 2.75) is 32.2 Å². The number of aldehydes is 1. The van der Waals surface area contributed by atoms with Gasteiger partial charge >= 0.3 is 0 Å². The van der Waals surface area contributed by atoms with Crippen molar-refractivity contribution in [3.8, 4) is 11.3 Å². The maximum Gasteiger partial charge on any atom is 0.200 e.